The minimum atomic E-state index is -0.176. The monoisotopic (exact) mass is 376 g/mol. The van der Waals surface area contributed by atoms with Crippen LogP contribution < -0.4 is 5.32 Å². The number of hydrogen-bond donors (Lipinski definition) is 1. The average Bonchev–Trinajstić information content (AvgIpc) is 2.63. The van der Waals surface area contributed by atoms with Gasteiger partial charge in [-0.1, -0.05) is 52.7 Å². The Bertz CT molecular complexity index is 952. The number of nitrogens with one attached hydrogen (secondary N) is 1. The predicted molar refractivity (Wildman–Crippen MR) is 119 cm³/mol. The summed E-state index contributed by atoms with van der Waals surface area (Å²) in [7, 11) is -0.176. The lowest BCUT2D eigenvalue weighted by Gasteiger charge is -2.15. The summed E-state index contributed by atoms with van der Waals surface area (Å²) in [5.74, 6) is 0. The normalized spacial score (nSPS) is 12.2. The highest BCUT2D eigenvalue weighted by atomic mass is 32.2. The Kier molecular flexibility index (Phi) is 6.12. The summed E-state index contributed by atoms with van der Waals surface area (Å²) in [6.07, 6.45) is 2.17. The summed E-state index contributed by atoms with van der Waals surface area (Å²) < 4.78 is 5.01. The van der Waals surface area contributed by atoms with Crippen LogP contribution >= 0.6 is 0 Å². The number of hydrogen-bond acceptors (Lipinski definition) is 2. The molecular weight excluding hydrogens is 348 g/mol. The molecule has 0 aliphatic heterocycles. The van der Waals surface area contributed by atoms with E-state index in [0.29, 0.717) is 0 Å². The molecule has 3 rings (SSSR count). The van der Waals surface area contributed by atoms with E-state index < -0.39 is 0 Å². The van der Waals surface area contributed by atoms with Crippen LogP contribution in [0.4, 0.5) is 11.4 Å². The summed E-state index contributed by atoms with van der Waals surface area (Å²) in [6, 6.07) is 21.4. The first kappa shape index (κ1) is 19.4. The van der Waals surface area contributed by atoms with Gasteiger partial charge in [-0.25, -0.2) is 4.36 Å². The predicted octanol–water partition coefficient (Wildman–Crippen LogP) is 6.65. The van der Waals surface area contributed by atoms with Crippen LogP contribution in [0.5, 0.6) is 0 Å². The van der Waals surface area contributed by atoms with E-state index in [1.165, 1.54) is 32.7 Å². The Hall–Kier alpha value is -2.39. The fourth-order valence-electron chi connectivity index (χ4n) is 3.36. The molecule has 0 aliphatic carbocycles. The van der Waals surface area contributed by atoms with Crippen LogP contribution in [-0.2, 0) is 17.2 Å². The van der Waals surface area contributed by atoms with E-state index in [1.807, 2.05) is 6.07 Å². The van der Waals surface area contributed by atoms with Gasteiger partial charge in [-0.05, 0) is 80.5 Å². The quantitative estimate of drug-likeness (QED) is 0.529. The maximum Gasteiger partial charge on any atom is 0.0938 e. The average molecular weight is 377 g/mol. The Morgan fingerprint density at radius 3 is 2.15 bits per heavy atom. The first-order valence-electron chi connectivity index (χ1n) is 9.28. The third-order valence-corrected chi connectivity index (χ3v) is 6.19. The molecular formula is C24H28N2S. The largest absolute Gasteiger partial charge is 0.379 e. The van der Waals surface area contributed by atoms with Crippen molar-refractivity contribution in [3.05, 3.63) is 88.5 Å². The van der Waals surface area contributed by atoms with Gasteiger partial charge in [0.25, 0.3) is 0 Å². The van der Waals surface area contributed by atoms with Crippen molar-refractivity contribution in [1.29, 1.82) is 0 Å². The second-order valence-corrected chi connectivity index (χ2v) is 8.74. The molecule has 0 radical (unpaired) electrons. The Morgan fingerprint density at radius 1 is 0.815 bits per heavy atom. The molecule has 27 heavy (non-hydrogen) atoms. The van der Waals surface area contributed by atoms with Crippen molar-refractivity contribution in [2.24, 2.45) is 4.36 Å². The molecule has 0 saturated heterocycles. The van der Waals surface area contributed by atoms with Crippen molar-refractivity contribution < 1.29 is 0 Å². The number of benzene rings is 3. The molecule has 1 unspecified atom stereocenters. The van der Waals surface area contributed by atoms with Gasteiger partial charge in [-0.2, -0.15) is 0 Å². The van der Waals surface area contributed by atoms with E-state index in [-0.39, 0.29) is 10.7 Å². The minimum Gasteiger partial charge on any atom is -0.379 e. The van der Waals surface area contributed by atoms with Crippen molar-refractivity contribution in [2.45, 2.75) is 39.1 Å². The topological polar surface area (TPSA) is 24.4 Å². The van der Waals surface area contributed by atoms with Gasteiger partial charge in [0.2, 0.25) is 0 Å². The molecule has 0 heterocycles. The molecule has 0 fully saturated rings. The first-order chi connectivity index (χ1) is 12.9. The van der Waals surface area contributed by atoms with E-state index in [9.17, 15) is 0 Å². The summed E-state index contributed by atoms with van der Waals surface area (Å²) >= 11 is 0. The molecule has 0 spiro atoms. The van der Waals surface area contributed by atoms with Crippen LogP contribution in [0.25, 0.3) is 0 Å². The number of aryl methyl sites for hydroxylation is 4. The van der Waals surface area contributed by atoms with Crippen molar-refractivity contribution in [2.75, 3.05) is 11.6 Å². The van der Waals surface area contributed by atoms with Gasteiger partial charge < -0.3 is 5.32 Å². The standard InChI is InChI=1S/C24H28N2S/c1-17-11-12-23(26-27(5)21-9-7-6-8-10-21)24(15-17)25-16-22-19(3)13-18(2)14-20(22)4/h6-15,25H,16H2,1-5H3. The van der Waals surface area contributed by atoms with E-state index in [2.05, 4.69) is 93.9 Å². The van der Waals surface area contributed by atoms with Gasteiger partial charge in [0, 0.05) is 11.4 Å². The number of nitrogens with zero attached hydrogens (tertiary/aromatic N) is 1. The zero-order valence-electron chi connectivity index (χ0n) is 16.8. The van der Waals surface area contributed by atoms with Crippen LogP contribution in [0.3, 0.4) is 0 Å². The zero-order chi connectivity index (χ0) is 19.4. The highest BCUT2D eigenvalue weighted by molar-refractivity contribution is 7.86. The smallest absolute Gasteiger partial charge is 0.0938 e. The molecule has 0 saturated carbocycles. The molecule has 140 valence electrons. The lowest BCUT2D eigenvalue weighted by molar-refractivity contribution is 1.08. The van der Waals surface area contributed by atoms with Crippen LogP contribution in [0.1, 0.15) is 27.8 Å². The van der Waals surface area contributed by atoms with Gasteiger partial charge in [0.15, 0.2) is 0 Å². The highest BCUT2D eigenvalue weighted by Gasteiger charge is 2.07. The Labute approximate surface area is 165 Å². The van der Waals surface area contributed by atoms with E-state index >= 15 is 0 Å². The van der Waals surface area contributed by atoms with Crippen molar-refractivity contribution in [3.8, 4) is 0 Å². The van der Waals surface area contributed by atoms with E-state index in [1.54, 1.807) is 0 Å². The summed E-state index contributed by atoms with van der Waals surface area (Å²) in [6.45, 7) is 9.47. The molecule has 3 aromatic rings. The summed E-state index contributed by atoms with van der Waals surface area (Å²) in [5.41, 5.74) is 8.73. The molecule has 0 bridgehead atoms. The molecule has 1 atom stereocenters. The molecule has 1 N–H and O–H groups in total. The van der Waals surface area contributed by atoms with Crippen LogP contribution in [0.15, 0.2) is 69.9 Å². The lowest BCUT2D eigenvalue weighted by Crippen LogP contribution is -2.04. The summed E-state index contributed by atoms with van der Waals surface area (Å²) in [5, 5.41) is 3.64. The van der Waals surface area contributed by atoms with E-state index in [0.717, 1.165) is 17.9 Å². The molecule has 0 aliphatic rings. The SMILES string of the molecule is Cc1cc(C)c(CNc2cc(C)ccc2N=S(C)c2ccccc2)c(C)c1. The molecule has 0 aromatic heterocycles. The van der Waals surface area contributed by atoms with Crippen LogP contribution in [0, 0.1) is 27.7 Å². The number of rotatable bonds is 5. The van der Waals surface area contributed by atoms with Gasteiger partial charge in [0.05, 0.1) is 11.4 Å². The molecule has 3 heteroatoms. The maximum absolute atomic E-state index is 5.01. The second-order valence-electron chi connectivity index (χ2n) is 7.13. The number of anilines is 1. The maximum atomic E-state index is 5.01. The van der Waals surface area contributed by atoms with Crippen molar-refractivity contribution >= 4 is 22.1 Å². The Morgan fingerprint density at radius 2 is 1.48 bits per heavy atom. The minimum absolute atomic E-state index is 0.176. The van der Waals surface area contributed by atoms with Crippen molar-refractivity contribution in [1.82, 2.24) is 0 Å². The fourth-order valence-corrected chi connectivity index (χ4v) is 4.47. The highest BCUT2D eigenvalue weighted by Crippen LogP contribution is 2.29. The van der Waals surface area contributed by atoms with Gasteiger partial charge >= 0.3 is 0 Å². The second kappa shape index (κ2) is 8.53. The van der Waals surface area contributed by atoms with E-state index in [4.69, 9.17) is 4.36 Å². The van der Waals surface area contributed by atoms with Gasteiger partial charge in [-0.3, -0.25) is 0 Å². The Balaban J connectivity index is 1.89. The van der Waals surface area contributed by atoms with Crippen LogP contribution in [-0.4, -0.2) is 6.26 Å². The molecule has 0 amide bonds. The van der Waals surface area contributed by atoms with Gasteiger partial charge in [-0.15, -0.1) is 0 Å². The third kappa shape index (κ3) is 4.86. The van der Waals surface area contributed by atoms with Crippen LogP contribution in [0.2, 0.25) is 0 Å². The lowest BCUT2D eigenvalue weighted by atomic mass is 10.00. The third-order valence-electron chi connectivity index (χ3n) is 4.77. The van der Waals surface area contributed by atoms with Crippen molar-refractivity contribution in [3.63, 3.8) is 0 Å². The zero-order valence-corrected chi connectivity index (χ0v) is 17.7. The first-order valence-corrected chi connectivity index (χ1v) is 10.9. The fraction of sp³-hybridized carbons (Fsp3) is 0.250. The molecule has 2 nitrogen and oxygen atoms in total. The molecule has 3 aromatic carbocycles. The van der Waals surface area contributed by atoms with Gasteiger partial charge in [0.1, 0.15) is 0 Å². The summed E-state index contributed by atoms with van der Waals surface area (Å²) in [4.78, 5) is 1.26.